The first-order valence-electron chi connectivity index (χ1n) is 10.2. The molecule has 158 valence electrons. The molecule has 0 spiro atoms. The molecule has 0 aromatic heterocycles. The van der Waals surface area contributed by atoms with E-state index >= 15 is 0 Å². The molecular weight excluding hydrogens is 450 g/mol. The molecule has 2 aliphatic heterocycles. The lowest BCUT2D eigenvalue weighted by Crippen LogP contribution is -2.54. The summed E-state index contributed by atoms with van der Waals surface area (Å²) in [5.41, 5.74) is 0. The lowest BCUT2D eigenvalue weighted by molar-refractivity contribution is -0.153. The third-order valence-corrected chi connectivity index (χ3v) is 6.49. The second-order valence-corrected chi connectivity index (χ2v) is 8.35. The van der Waals surface area contributed by atoms with E-state index in [4.69, 9.17) is 4.74 Å². The second-order valence-electron chi connectivity index (χ2n) is 7.56. The van der Waals surface area contributed by atoms with Gasteiger partial charge in [0.05, 0.1) is 4.47 Å². The van der Waals surface area contributed by atoms with Crippen LogP contribution in [0.1, 0.15) is 12.8 Å². The van der Waals surface area contributed by atoms with Crippen LogP contribution in [0.15, 0.2) is 40.9 Å². The molecule has 0 unspecified atom stereocenters. The molecule has 3 amide bonds. The SMILES string of the molecule is O=C(COc1ccc2ccccc2c1Br)N1CCN(C(=O)C(=O)N2CCCC2)CC1. The fraction of sp³-hybridized carbons (Fsp3) is 0.409. The van der Waals surface area contributed by atoms with Crippen LogP contribution in [-0.4, -0.2) is 78.3 Å². The Morgan fingerprint density at radius 3 is 2.10 bits per heavy atom. The Kier molecular flexibility index (Phi) is 6.22. The van der Waals surface area contributed by atoms with E-state index in [-0.39, 0.29) is 12.5 Å². The number of ether oxygens (including phenoxy) is 1. The maximum atomic E-state index is 12.6. The number of amides is 3. The summed E-state index contributed by atoms with van der Waals surface area (Å²) in [6, 6.07) is 11.7. The van der Waals surface area contributed by atoms with E-state index in [0.29, 0.717) is 45.0 Å². The fourth-order valence-corrected chi connectivity index (χ4v) is 4.51. The fourth-order valence-electron chi connectivity index (χ4n) is 3.91. The maximum Gasteiger partial charge on any atom is 0.312 e. The van der Waals surface area contributed by atoms with Crippen LogP contribution < -0.4 is 4.74 Å². The van der Waals surface area contributed by atoms with E-state index in [0.717, 1.165) is 28.1 Å². The number of nitrogens with zero attached hydrogens (tertiary/aromatic N) is 3. The summed E-state index contributed by atoms with van der Waals surface area (Å²) in [5, 5.41) is 2.12. The van der Waals surface area contributed by atoms with Crippen LogP contribution in [0, 0.1) is 0 Å². The van der Waals surface area contributed by atoms with Gasteiger partial charge >= 0.3 is 11.8 Å². The molecule has 2 heterocycles. The average Bonchev–Trinajstić information content (AvgIpc) is 3.33. The van der Waals surface area contributed by atoms with Crippen LogP contribution in [0.3, 0.4) is 0 Å². The molecule has 0 aliphatic carbocycles. The molecule has 4 rings (SSSR count). The lowest BCUT2D eigenvalue weighted by Gasteiger charge is -2.34. The van der Waals surface area contributed by atoms with E-state index in [1.807, 2.05) is 36.4 Å². The monoisotopic (exact) mass is 473 g/mol. The van der Waals surface area contributed by atoms with Crippen LogP contribution in [-0.2, 0) is 14.4 Å². The normalized spacial score (nSPS) is 16.8. The van der Waals surface area contributed by atoms with E-state index in [1.165, 1.54) is 0 Å². The van der Waals surface area contributed by atoms with Gasteiger partial charge in [0, 0.05) is 39.3 Å². The van der Waals surface area contributed by atoms with E-state index in [9.17, 15) is 14.4 Å². The van der Waals surface area contributed by atoms with Gasteiger partial charge in [-0.15, -0.1) is 0 Å². The number of fused-ring (bicyclic) bond motifs is 1. The molecule has 8 heteroatoms. The van der Waals surface area contributed by atoms with Gasteiger partial charge in [0.1, 0.15) is 5.75 Å². The molecule has 0 saturated carbocycles. The first-order valence-corrected chi connectivity index (χ1v) is 11.0. The first kappa shape index (κ1) is 20.7. The quantitative estimate of drug-likeness (QED) is 0.641. The molecule has 0 radical (unpaired) electrons. The zero-order chi connectivity index (χ0) is 21.1. The van der Waals surface area contributed by atoms with Crippen LogP contribution in [0.25, 0.3) is 10.8 Å². The third-order valence-electron chi connectivity index (χ3n) is 5.67. The number of halogens is 1. The van der Waals surface area contributed by atoms with Gasteiger partial charge in [0.2, 0.25) is 0 Å². The summed E-state index contributed by atoms with van der Waals surface area (Å²) in [6.07, 6.45) is 1.91. The second kappa shape index (κ2) is 9.04. The van der Waals surface area contributed by atoms with Crippen molar-refractivity contribution in [1.82, 2.24) is 14.7 Å². The van der Waals surface area contributed by atoms with E-state index in [1.54, 1.807) is 14.7 Å². The largest absolute Gasteiger partial charge is 0.483 e. The summed E-state index contributed by atoms with van der Waals surface area (Å²) >= 11 is 3.56. The number of carbonyl (C=O) groups excluding carboxylic acids is 3. The highest BCUT2D eigenvalue weighted by atomic mass is 79.9. The first-order chi connectivity index (χ1) is 14.5. The van der Waals surface area contributed by atoms with Crippen molar-refractivity contribution >= 4 is 44.4 Å². The number of likely N-dealkylation sites (tertiary alicyclic amines) is 1. The molecule has 0 N–H and O–H groups in total. The highest BCUT2D eigenvalue weighted by molar-refractivity contribution is 9.10. The number of benzene rings is 2. The van der Waals surface area contributed by atoms with Crippen molar-refractivity contribution < 1.29 is 19.1 Å². The van der Waals surface area contributed by atoms with Gasteiger partial charge in [0.15, 0.2) is 6.61 Å². The Labute approximate surface area is 183 Å². The van der Waals surface area contributed by atoms with Gasteiger partial charge in [-0.2, -0.15) is 0 Å². The van der Waals surface area contributed by atoms with Crippen molar-refractivity contribution in [3.63, 3.8) is 0 Å². The van der Waals surface area contributed by atoms with Gasteiger partial charge in [-0.25, -0.2) is 0 Å². The standard InChI is InChI=1S/C22H24BrN3O4/c23-20-17-6-2-1-5-16(17)7-8-18(20)30-15-19(27)24-11-13-26(14-12-24)22(29)21(28)25-9-3-4-10-25/h1-2,5-8H,3-4,9-15H2. The summed E-state index contributed by atoms with van der Waals surface area (Å²) in [7, 11) is 0. The molecule has 0 bridgehead atoms. The Hall–Kier alpha value is -2.61. The van der Waals surface area contributed by atoms with Crippen molar-refractivity contribution in [2.24, 2.45) is 0 Å². The molecule has 2 aromatic rings. The van der Waals surface area contributed by atoms with Gasteiger partial charge < -0.3 is 19.4 Å². The highest BCUT2D eigenvalue weighted by Crippen LogP contribution is 2.33. The van der Waals surface area contributed by atoms with Gasteiger partial charge in [-0.1, -0.05) is 30.3 Å². The number of hydrogen-bond donors (Lipinski definition) is 0. The van der Waals surface area contributed by atoms with Crippen LogP contribution in [0.2, 0.25) is 0 Å². The van der Waals surface area contributed by atoms with Gasteiger partial charge in [-0.3, -0.25) is 14.4 Å². The van der Waals surface area contributed by atoms with Crippen LogP contribution >= 0.6 is 15.9 Å². The molecule has 2 aliphatic rings. The minimum Gasteiger partial charge on any atom is -0.483 e. The minimum absolute atomic E-state index is 0.0718. The molecule has 2 fully saturated rings. The highest BCUT2D eigenvalue weighted by Gasteiger charge is 2.31. The number of hydrogen-bond acceptors (Lipinski definition) is 4. The van der Waals surface area contributed by atoms with Gasteiger partial charge in [0.25, 0.3) is 5.91 Å². The van der Waals surface area contributed by atoms with Crippen molar-refractivity contribution in [1.29, 1.82) is 0 Å². The summed E-state index contributed by atoms with van der Waals surface area (Å²) in [6.45, 7) is 2.78. The molecule has 0 atom stereocenters. The van der Waals surface area contributed by atoms with Crippen LogP contribution in [0.4, 0.5) is 0 Å². The van der Waals surface area contributed by atoms with Gasteiger partial charge in [-0.05, 0) is 45.6 Å². The molecular formula is C22H24BrN3O4. The van der Waals surface area contributed by atoms with Crippen molar-refractivity contribution in [3.05, 3.63) is 40.9 Å². The number of rotatable bonds is 3. The smallest absolute Gasteiger partial charge is 0.312 e. The Morgan fingerprint density at radius 2 is 1.40 bits per heavy atom. The predicted molar refractivity (Wildman–Crippen MR) is 116 cm³/mol. The maximum absolute atomic E-state index is 12.6. The zero-order valence-corrected chi connectivity index (χ0v) is 18.3. The molecule has 30 heavy (non-hydrogen) atoms. The predicted octanol–water partition coefficient (Wildman–Crippen LogP) is 2.27. The minimum atomic E-state index is -0.458. The third kappa shape index (κ3) is 4.28. The summed E-state index contributed by atoms with van der Waals surface area (Å²) in [4.78, 5) is 42.1. The van der Waals surface area contributed by atoms with Crippen molar-refractivity contribution in [3.8, 4) is 5.75 Å². The Morgan fingerprint density at radius 1 is 0.800 bits per heavy atom. The topological polar surface area (TPSA) is 70.2 Å². The average molecular weight is 474 g/mol. The van der Waals surface area contributed by atoms with Crippen molar-refractivity contribution in [2.45, 2.75) is 12.8 Å². The lowest BCUT2D eigenvalue weighted by atomic mass is 10.1. The molecule has 2 saturated heterocycles. The van der Waals surface area contributed by atoms with E-state index < -0.39 is 11.8 Å². The van der Waals surface area contributed by atoms with E-state index in [2.05, 4.69) is 15.9 Å². The van der Waals surface area contributed by atoms with Crippen molar-refractivity contribution in [2.75, 3.05) is 45.9 Å². The molecule has 2 aromatic carbocycles. The summed E-state index contributed by atoms with van der Waals surface area (Å²) < 4.78 is 6.58. The molecule has 7 nitrogen and oxygen atoms in total. The van der Waals surface area contributed by atoms with Crippen LogP contribution in [0.5, 0.6) is 5.75 Å². The summed E-state index contributed by atoms with van der Waals surface area (Å²) in [5.74, 6) is -0.391. The Bertz CT molecular complexity index is 966. The zero-order valence-electron chi connectivity index (χ0n) is 16.7. The number of piperazine rings is 1. The Balaban J connectivity index is 1.29. The number of carbonyl (C=O) groups is 3.